The number of fused-ring (bicyclic) bond motifs is 3. The van der Waals surface area contributed by atoms with Gasteiger partial charge in [0.05, 0.1) is 21.1 Å². The van der Waals surface area contributed by atoms with Gasteiger partial charge in [-0.15, -0.1) is 0 Å². The molecule has 5 nitrogen and oxygen atoms in total. The van der Waals surface area contributed by atoms with Crippen LogP contribution in [0.25, 0.3) is 17.0 Å². The van der Waals surface area contributed by atoms with Crippen molar-refractivity contribution in [2.24, 2.45) is 0 Å². The molecule has 0 saturated heterocycles. The second-order valence-electron chi connectivity index (χ2n) is 9.16. The SMILES string of the molecule is O=C(NCc1ccnc(Cl)c1)n1c2c(c3c(C(F)(F)F)cccc31)CN(CC=Cc1ccc(Cl)c(Cl)c1)CC2. The van der Waals surface area contributed by atoms with E-state index in [1.165, 1.54) is 16.8 Å². The number of alkyl halides is 3. The average molecular weight is 594 g/mol. The summed E-state index contributed by atoms with van der Waals surface area (Å²) in [5.41, 5.74) is 2.16. The molecule has 0 aliphatic carbocycles. The van der Waals surface area contributed by atoms with Crippen LogP contribution < -0.4 is 5.32 Å². The van der Waals surface area contributed by atoms with Gasteiger partial charge in [-0.05, 0) is 53.1 Å². The van der Waals surface area contributed by atoms with Crippen LogP contribution in [0.1, 0.15) is 27.9 Å². The van der Waals surface area contributed by atoms with Crippen LogP contribution in [0.2, 0.25) is 15.2 Å². The second-order valence-corrected chi connectivity index (χ2v) is 10.4. The van der Waals surface area contributed by atoms with Crippen LogP contribution in [0.4, 0.5) is 18.0 Å². The van der Waals surface area contributed by atoms with Crippen molar-refractivity contribution >= 4 is 57.8 Å². The van der Waals surface area contributed by atoms with E-state index in [-0.39, 0.29) is 29.1 Å². The number of nitrogens with one attached hydrogen (secondary N) is 1. The summed E-state index contributed by atoms with van der Waals surface area (Å²) in [6.45, 7) is 1.50. The molecule has 0 spiro atoms. The Bertz CT molecular complexity index is 1580. The molecule has 0 fully saturated rings. The number of rotatable bonds is 5. The van der Waals surface area contributed by atoms with E-state index in [1.807, 2.05) is 23.1 Å². The van der Waals surface area contributed by atoms with Gasteiger partial charge in [0.1, 0.15) is 5.15 Å². The van der Waals surface area contributed by atoms with Gasteiger partial charge < -0.3 is 5.32 Å². The van der Waals surface area contributed by atoms with E-state index in [0.29, 0.717) is 40.8 Å². The minimum absolute atomic E-state index is 0.0558. The molecule has 2 aromatic carbocycles. The standard InChI is InChI=1S/C28H22Cl3F3N4O/c29-21-7-6-17(13-22(21)30)3-2-11-37-12-9-23-19(16-37)26-20(28(32,33)34)4-1-5-24(26)38(23)27(39)36-15-18-8-10-35-25(31)14-18/h1-8,10,13-14H,9,11-12,15-16H2,(H,36,39). The van der Waals surface area contributed by atoms with Crippen LogP contribution >= 0.6 is 34.8 Å². The third kappa shape index (κ3) is 5.94. The second kappa shape index (κ2) is 11.2. The lowest BCUT2D eigenvalue weighted by molar-refractivity contribution is -0.136. The zero-order chi connectivity index (χ0) is 27.7. The zero-order valence-corrected chi connectivity index (χ0v) is 22.7. The van der Waals surface area contributed by atoms with Crippen molar-refractivity contribution in [3.8, 4) is 0 Å². The minimum Gasteiger partial charge on any atom is -0.333 e. The van der Waals surface area contributed by atoms with Gasteiger partial charge in [0.15, 0.2) is 0 Å². The van der Waals surface area contributed by atoms with Crippen molar-refractivity contribution < 1.29 is 18.0 Å². The van der Waals surface area contributed by atoms with Crippen LogP contribution in [-0.4, -0.2) is 33.6 Å². The number of nitrogens with zero attached hydrogens (tertiary/aromatic N) is 3. The molecule has 3 heterocycles. The van der Waals surface area contributed by atoms with Gasteiger partial charge in [-0.25, -0.2) is 9.78 Å². The molecule has 4 aromatic rings. The Kier molecular flexibility index (Phi) is 7.91. The summed E-state index contributed by atoms with van der Waals surface area (Å²) in [6.07, 6.45) is 1.19. The summed E-state index contributed by atoms with van der Waals surface area (Å²) >= 11 is 18.0. The first-order chi connectivity index (χ1) is 18.6. The Balaban J connectivity index is 1.45. The normalized spacial score (nSPS) is 14.2. The monoisotopic (exact) mass is 592 g/mol. The molecule has 0 unspecified atom stereocenters. The summed E-state index contributed by atoms with van der Waals surface area (Å²) in [5.74, 6) is 0. The van der Waals surface area contributed by atoms with Gasteiger partial charge in [0.25, 0.3) is 0 Å². The van der Waals surface area contributed by atoms with Crippen molar-refractivity contribution in [1.82, 2.24) is 19.8 Å². The van der Waals surface area contributed by atoms with E-state index in [9.17, 15) is 18.0 Å². The van der Waals surface area contributed by atoms with Gasteiger partial charge in [0.2, 0.25) is 0 Å². The smallest absolute Gasteiger partial charge is 0.333 e. The highest BCUT2D eigenvalue weighted by molar-refractivity contribution is 6.42. The molecular formula is C28H22Cl3F3N4O. The highest BCUT2D eigenvalue weighted by atomic mass is 35.5. The summed E-state index contributed by atoms with van der Waals surface area (Å²) in [5, 5.41) is 4.06. The molecule has 1 amide bonds. The Labute approximate surface area is 237 Å². The fraction of sp³-hybridized carbons (Fsp3) is 0.214. The molecule has 1 aliphatic rings. The molecule has 1 aliphatic heterocycles. The molecule has 2 aromatic heterocycles. The van der Waals surface area contributed by atoms with Gasteiger partial charge in [-0.2, -0.15) is 13.2 Å². The zero-order valence-electron chi connectivity index (χ0n) is 20.4. The van der Waals surface area contributed by atoms with Gasteiger partial charge in [-0.3, -0.25) is 9.47 Å². The highest BCUT2D eigenvalue weighted by Gasteiger charge is 2.37. The van der Waals surface area contributed by atoms with E-state index < -0.39 is 17.8 Å². The molecule has 11 heteroatoms. The average Bonchev–Trinajstić information content (AvgIpc) is 3.23. The quantitative estimate of drug-likeness (QED) is 0.240. The fourth-order valence-electron chi connectivity index (χ4n) is 4.86. The van der Waals surface area contributed by atoms with Crippen LogP contribution in [0, 0.1) is 0 Å². The molecule has 0 saturated carbocycles. The van der Waals surface area contributed by atoms with E-state index in [2.05, 4.69) is 10.3 Å². The van der Waals surface area contributed by atoms with Gasteiger partial charge in [0, 0.05) is 49.9 Å². The van der Waals surface area contributed by atoms with Crippen LogP contribution in [0.15, 0.2) is 60.8 Å². The van der Waals surface area contributed by atoms with Crippen molar-refractivity contribution in [1.29, 1.82) is 0 Å². The van der Waals surface area contributed by atoms with Crippen LogP contribution in [-0.2, 0) is 25.7 Å². The molecule has 202 valence electrons. The lowest BCUT2D eigenvalue weighted by Gasteiger charge is -2.27. The largest absolute Gasteiger partial charge is 0.417 e. The molecule has 0 radical (unpaired) electrons. The highest BCUT2D eigenvalue weighted by Crippen LogP contribution is 2.40. The van der Waals surface area contributed by atoms with E-state index in [0.717, 1.165) is 17.2 Å². The Hall–Kier alpha value is -3.04. The molecule has 0 atom stereocenters. The topological polar surface area (TPSA) is 50.2 Å². The maximum Gasteiger partial charge on any atom is 0.417 e. The molecule has 39 heavy (non-hydrogen) atoms. The maximum absolute atomic E-state index is 14.1. The molecular weight excluding hydrogens is 572 g/mol. The molecule has 1 N–H and O–H groups in total. The summed E-state index contributed by atoms with van der Waals surface area (Å²) in [4.78, 5) is 19.3. The van der Waals surface area contributed by atoms with Crippen molar-refractivity contribution in [2.75, 3.05) is 13.1 Å². The van der Waals surface area contributed by atoms with E-state index in [1.54, 1.807) is 30.3 Å². The number of aromatic nitrogens is 2. The number of pyridine rings is 1. The van der Waals surface area contributed by atoms with Crippen LogP contribution in [0.3, 0.4) is 0 Å². The predicted octanol–water partition coefficient (Wildman–Crippen LogP) is 7.84. The molecule has 5 rings (SSSR count). The Morgan fingerprint density at radius 1 is 1.08 bits per heavy atom. The maximum atomic E-state index is 14.1. The summed E-state index contributed by atoms with van der Waals surface area (Å²) < 4.78 is 43.6. The molecule has 0 bridgehead atoms. The first-order valence-electron chi connectivity index (χ1n) is 12.1. The lowest BCUT2D eigenvalue weighted by Crippen LogP contribution is -2.34. The first-order valence-corrected chi connectivity index (χ1v) is 13.2. The number of carbonyl (C=O) groups excluding carboxylic acids is 1. The summed E-state index contributed by atoms with van der Waals surface area (Å²) in [7, 11) is 0. The van der Waals surface area contributed by atoms with Crippen LogP contribution in [0.5, 0.6) is 0 Å². The number of halogens is 6. The summed E-state index contributed by atoms with van der Waals surface area (Å²) in [6, 6.07) is 12.1. The minimum atomic E-state index is -4.57. The van der Waals surface area contributed by atoms with Gasteiger partial charge >= 0.3 is 12.2 Å². The van der Waals surface area contributed by atoms with Crippen molar-refractivity contribution in [3.05, 3.63) is 104 Å². The van der Waals surface area contributed by atoms with E-state index in [4.69, 9.17) is 34.8 Å². The number of benzene rings is 2. The predicted molar refractivity (Wildman–Crippen MR) is 148 cm³/mol. The number of amides is 1. The number of hydrogen-bond donors (Lipinski definition) is 1. The van der Waals surface area contributed by atoms with Gasteiger partial charge in [-0.1, -0.05) is 59.1 Å². The fourth-order valence-corrected chi connectivity index (χ4v) is 5.36. The third-order valence-electron chi connectivity index (χ3n) is 6.61. The Morgan fingerprint density at radius 3 is 2.64 bits per heavy atom. The van der Waals surface area contributed by atoms with E-state index >= 15 is 0 Å². The number of hydrogen-bond acceptors (Lipinski definition) is 3. The lowest BCUT2D eigenvalue weighted by atomic mass is 10.0. The Morgan fingerprint density at radius 2 is 1.90 bits per heavy atom. The first kappa shape index (κ1) is 27.5. The van der Waals surface area contributed by atoms with Crippen molar-refractivity contribution in [2.45, 2.75) is 25.7 Å². The number of carbonyl (C=O) groups is 1. The van der Waals surface area contributed by atoms with Crippen molar-refractivity contribution in [3.63, 3.8) is 0 Å². The third-order valence-corrected chi connectivity index (χ3v) is 7.56.